The topological polar surface area (TPSA) is 30.5 Å². The van der Waals surface area contributed by atoms with E-state index < -0.39 is 0 Å². The largest absolute Gasteiger partial charge is 0.487 e. The first kappa shape index (κ1) is 12.9. The summed E-state index contributed by atoms with van der Waals surface area (Å²) in [6.45, 7) is 6.97. The predicted octanol–water partition coefficient (Wildman–Crippen LogP) is 2.67. The van der Waals surface area contributed by atoms with Gasteiger partial charge in [0.15, 0.2) is 0 Å². The molecule has 3 nitrogen and oxygen atoms in total. The van der Waals surface area contributed by atoms with Gasteiger partial charge in [-0.1, -0.05) is 12.1 Å². The van der Waals surface area contributed by atoms with Crippen molar-refractivity contribution in [1.82, 2.24) is 5.32 Å². The maximum Gasteiger partial charge on any atom is 0.123 e. The molecule has 0 radical (unpaired) electrons. The van der Waals surface area contributed by atoms with Crippen molar-refractivity contribution in [3.63, 3.8) is 0 Å². The number of benzene rings is 1. The summed E-state index contributed by atoms with van der Waals surface area (Å²) in [5.41, 5.74) is 2.63. The predicted molar refractivity (Wildman–Crippen MR) is 75.5 cm³/mol. The summed E-state index contributed by atoms with van der Waals surface area (Å²) in [6, 6.07) is 7.06. The number of ether oxygens (including phenoxy) is 2. The second-order valence-corrected chi connectivity index (χ2v) is 6.28. The molecule has 1 fully saturated rings. The highest BCUT2D eigenvalue weighted by molar-refractivity contribution is 5.41. The van der Waals surface area contributed by atoms with E-state index >= 15 is 0 Å². The van der Waals surface area contributed by atoms with Gasteiger partial charge < -0.3 is 14.8 Å². The van der Waals surface area contributed by atoms with Crippen molar-refractivity contribution in [2.24, 2.45) is 0 Å². The van der Waals surface area contributed by atoms with Gasteiger partial charge in [-0.2, -0.15) is 0 Å². The number of hydrogen-bond acceptors (Lipinski definition) is 3. The molecule has 1 atom stereocenters. The number of nitrogens with one attached hydrogen (secondary N) is 1. The maximum atomic E-state index is 5.90. The molecule has 2 aliphatic heterocycles. The normalized spacial score (nSPS) is 24.8. The zero-order chi connectivity index (χ0) is 13.3. The second kappa shape index (κ2) is 5.14. The molecule has 104 valence electrons. The summed E-state index contributed by atoms with van der Waals surface area (Å²) in [5.74, 6) is 1.05. The van der Waals surface area contributed by atoms with Gasteiger partial charge in [0, 0.05) is 25.6 Å². The molecule has 2 heterocycles. The van der Waals surface area contributed by atoms with E-state index in [9.17, 15) is 0 Å². The van der Waals surface area contributed by atoms with Crippen LogP contribution in [0.3, 0.4) is 0 Å². The summed E-state index contributed by atoms with van der Waals surface area (Å²) < 4.78 is 11.4. The summed E-state index contributed by atoms with van der Waals surface area (Å²) in [5, 5.41) is 3.58. The van der Waals surface area contributed by atoms with Gasteiger partial charge in [-0.3, -0.25) is 0 Å². The van der Waals surface area contributed by atoms with Crippen molar-refractivity contribution in [1.29, 1.82) is 0 Å². The van der Waals surface area contributed by atoms with Crippen LogP contribution >= 0.6 is 0 Å². The van der Waals surface area contributed by atoms with Crippen LogP contribution in [0, 0.1) is 0 Å². The Bertz CT molecular complexity index is 450. The Morgan fingerprint density at radius 3 is 3.05 bits per heavy atom. The summed E-state index contributed by atoms with van der Waals surface area (Å²) in [6.07, 6.45) is 3.40. The van der Waals surface area contributed by atoms with Crippen molar-refractivity contribution in [2.75, 3.05) is 13.2 Å². The van der Waals surface area contributed by atoms with Crippen molar-refractivity contribution < 1.29 is 9.47 Å². The van der Waals surface area contributed by atoms with Crippen LogP contribution in [0.2, 0.25) is 0 Å². The molecule has 0 amide bonds. The average molecular weight is 261 g/mol. The van der Waals surface area contributed by atoms with Gasteiger partial charge in [0.1, 0.15) is 11.4 Å². The first-order valence-corrected chi connectivity index (χ1v) is 7.24. The first-order valence-electron chi connectivity index (χ1n) is 7.24. The molecular formula is C16H23NO2. The maximum absolute atomic E-state index is 5.90. The van der Waals surface area contributed by atoms with Gasteiger partial charge in [0.2, 0.25) is 0 Å². The van der Waals surface area contributed by atoms with Crippen LogP contribution in [0.1, 0.15) is 37.8 Å². The molecule has 0 saturated carbocycles. The molecule has 1 saturated heterocycles. The lowest BCUT2D eigenvalue weighted by Gasteiger charge is -2.23. The Labute approximate surface area is 115 Å². The van der Waals surface area contributed by atoms with Crippen molar-refractivity contribution in [2.45, 2.75) is 51.3 Å². The minimum atomic E-state index is -0.0500. The summed E-state index contributed by atoms with van der Waals surface area (Å²) in [4.78, 5) is 0. The van der Waals surface area contributed by atoms with E-state index in [1.54, 1.807) is 0 Å². The standard InChI is InChI=1S/C16H23NO2/c1-16(2)9-13-8-12(5-6-15(13)19-16)10-17-14-4-3-7-18-11-14/h5-6,8,14,17H,3-4,7,9-11H2,1-2H3. The van der Waals surface area contributed by atoms with Crippen LogP contribution in [0.15, 0.2) is 18.2 Å². The van der Waals surface area contributed by atoms with Gasteiger partial charge in [-0.25, -0.2) is 0 Å². The molecule has 0 bridgehead atoms. The quantitative estimate of drug-likeness (QED) is 0.907. The zero-order valence-corrected chi connectivity index (χ0v) is 11.9. The van der Waals surface area contributed by atoms with Gasteiger partial charge >= 0.3 is 0 Å². The van der Waals surface area contributed by atoms with E-state index in [2.05, 4.69) is 37.4 Å². The summed E-state index contributed by atoms with van der Waals surface area (Å²) >= 11 is 0. The van der Waals surface area contributed by atoms with E-state index in [1.165, 1.54) is 24.0 Å². The third-order valence-corrected chi connectivity index (χ3v) is 3.88. The van der Waals surface area contributed by atoms with Crippen LogP contribution in [0.5, 0.6) is 5.75 Å². The lowest BCUT2D eigenvalue weighted by Crippen LogP contribution is -2.36. The molecule has 3 heteroatoms. The van der Waals surface area contributed by atoms with E-state index in [-0.39, 0.29) is 5.60 Å². The Morgan fingerprint density at radius 2 is 2.26 bits per heavy atom. The van der Waals surface area contributed by atoms with E-state index in [4.69, 9.17) is 9.47 Å². The summed E-state index contributed by atoms with van der Waals surface area (Å²) in [7, 11) is 0. The Hall–Kier alpha value is -1.06. The van der Waals surface area contributed by atoms with Gasteiger partial charge in [-0.15, -0.1) is 0 Å². The van der Waals surface area contributed by atoms with Gasteiger partial charge in [0.05, 0.1) is 6.61 Å². The van der Waals surface area contributed by atoms with E-state index in [0.29, 0.717) is 6.04 Å². The highest BCUT2D eigenvalue weighted by Crippen LogP contribution is 2.35. The Balaban J connectivity index is 1.60. The number of fused-ring (bicyclic) bond motifs is 1. The van der Waals surface area contributed by atoms with E-state index in [1.807, 2.05) is 0 Å². The van der Waals surface area contributed by atoms with Crippen LogP contribution in [-0.4, -0.2) is 24.9 Å². The fourth-order valence-corrected chi connectivity index (χ4v) is 2.94. The Kier molecular flexibility index (Phi) is 3.50. The third kappa shape index (κ3) is 3.10. The Morgan fingerprint density at radius 1 is 1.37 bits per heavy atom. The second-order valence-electron chi connectivity index (χ2n) is 6.28. The van der Waals surface area contributed by atoms with Crippen LogP contribution in [0.25, 0.3) is 0 Å². The van der Waals surface area contributed by atoms with Crippen molar-refractivity contribution in [3.8, 4) is 5.75 Å². The molecule has 0 aromatic heterocycles. The molecule has 19 heavy (non-hydrogen) atoms. The molecule has 0 aliphatic carbocycles. The number of hydrogen-bond donors (Lipinski definition) is 1. The van der Waals surface area contributed by atoms with Gasteiger partial charge in [0.25, 0.3) is 0 Å². The van der Waals surface area contributed by atoms with Gasteiger partial charge in [-0.05, 0) is 43.9 Å². The van der Waals surface area contributed by atoms with Crippen molar-refractivity contribution in [3.05, 3.63) is 29.3 Å². The highest BCUT2D eigenvalue weighted by atomic mass is 16.5. The fourth-order valence-electron chi connectivity index (χ4n) is 2.94. The molecule has 1 unspecified atom stereocenters. The van der Waals surface area contributed by atoms with E-state index in [0.717, 1.165) is 31.9 Å². The smallest absolute Gasteiger partial charge is 0.123 e. The molecule has 2 aliphatic rings. The minimum Gasteiger partial charge on any atom is -0.487 e. The SMILES string of the molecule is CC1(C)Cc2cc(CNC3CCCOC3)ccc2O1. The van der Waals surface area contributed by atoms with Crippen LogP contribution in [0.4, 0.5) is 0 Å². The van der Waals surface area contributed by atoms with Crippen molar-refractivity contribution >= 4 is 0 Å². The fraction of sp³-hybridized carbons (Fsp3) is 0.625. The third-order valence-electron chi connectivity index (χ3n) is 3.88. The molecular weight excluding hydrogens is 238 g/mol. The lowest BCUT2D eigenvalue weighted by atomic mass is 10.00. The monoisotopic (exact) mass is 261 g/mol. The minimum absolute atomic E-state index is 0.0500. The number of rotatable bonds is 3. The lowest BCUT2D eigenvalue weighted by molar-refractivity contribution is 0.0699. The van der Waals surface area contributed by atoms with Crippen LogP contribution in [-0.2, 0) is 17.7 Å². The molecule has 3 rings (SSSR count). The molecule has 1 aromatic carbocycles. The first-order chi connectivity index (χ1) is 9.12. The average Bonchev–Trinajstić information content (AvgIpc) is 2.70. The molecule has 1 aromatic rings. The molecule has 1 N–H and O–H groups in total. The zero-order valence-electron chi connectivity index (χ0n) is 11.9. The highest BCUT2D eigenvalue weighted by Gasteiger charge is 2.29. The molecule has 0 spiro atoms. The van der Waals surface area contributed by atoms with Crippen LogP contribution < -0.4 is 10.1 Å².